The number of methoxy groups -OCH3 is 1. The molecule has 0 aliphatic heterocycles. The van der Waals surface area contributed by atoms with Crippen LogP contribution in [0, 0.1) is 0 Å². The van der Waals surface area contributed by atoms with Crippen LogP contribution in [0.5, 0.6) is 11.6 Å². The molecule has 0 unspecified atom stereocenters. The molecule has 0 spiro atoms. The summed E-state index contributed by atoms with van der Waals surface area (Å²) < 4.78 is 26.4. The van der Waals surface area contributed by atoms with Gasteiger partial charge in [0.1, 0.15) is 11.6 Å². The molecular weight excluding hydrogens is 371 g/mol. The summed E-state index contributed by atoms with van der Waals surface area (Å²) in [5.74, 6) is 1.37. The van der Waals surface area contributed by atoms with Gasteiger partial charge < -0.3 is 14.8 Å². The van der Waals surface area contributed by atoms with Gasteiger partial charge in [-0.25, -0.2) is 13.9 Å². The van der Waals surface area contributed by atoms with Crippen molar-refractivity contribution in [2.75, 3.05) is 12.4 Å². The highest BCUT2D eigenvalue weighted by Gasteiger charge is 2.25. The van der Waals surface area contributed by atoms with Gasteiger partial charge in [-0.3, -0.25) is 4.79 Å². The van der Waals surface area contributed by atoms with E-state index in [0.717, 1.165) is 19.3 Å². The summed E-state index contributed by atoms with van der Waals surface area (Å²) >= 11 is 0.0255. The van der Waals surface area contributed by atoms with Crippen molar-refractivity contribution in [1.29, 1.82) is 0 Å². The maximum Gasteiger partial charge on any atom is 0.224 e. The number of halogens is 1. The van der Waals surface area contributed by atoms with Crippen LogP contribution in [0.2, 0.25) is 0 Å². The normalized spacial score (nSPS) is 14.0. The van der Waals surface area contributed by atoms with Crippen LogP contribution >= 0.6 is 12.3 Å². The summed E-state index contributed by atoms with van der Waals surface area (Å²) in [5.41, 5.74) is 1.73. The first-order chi connectivity index (χ1) is 13.2. The molecule has 0 radical (unpaired) electrons. The third-order valence-corrected chi connectivity index (χ3v) is 5.02. The molecule has 1 fully saturated rings. The first-order valence-corrected chi connectivity index (χ1v) is 9.14. The molecule has 9 heteroatoms. The van der Waals surface area contributed by atoms with Gasteiger partial charge in [-0.15, -0.1) is 3.89 Å². The van der Waals surface area contributed by atoms with Gasteiger partial charge >= 0.3 is 0 Å². The van der Waals surface area contributed by atoms with Crippen molar-refractivity contribution < 1.29 is 18.2 Å². The Kier molecular flexibility index (Phi) is 4.85. The van der Waals surface area contributed by atoms with Gasteiger partial charge in [0.15, 0.2) is 18.0 Å². The summed E-state index contributed by atoms with van der Waals surface area (Å²) in [7, 11) is 1.53. The smallest absolute Gasteiger partial charge is 0.224 e. The molecule has 1 aliphatic carbocycles. The van der Waals surface area contributed by atoms with Gasteiger partial charge in [0.05, 0.1) is 18.8 Å². The molecule has 1 saturated carbocycles. The fraction of sp³-hybridized carbons (Fsp3) is 0.278. The zero-order valence-electron chi connectivity index (χ0n) is 14.5. The number of hydrogen-bond donors (Lipinski definition) is 1. The summed E-state index contributed by atoms with van der Waals surface area (Å²) in [5, 5.41) is 3.17. The SMILES string of the molecule is COc1nccc(OC2CCC2)c1-c1cn(SF)c2nc(NC=O)ccc12. The molecule has 1 N–H and O–H groups in total. The van der Waals surface area contributed by atoms with Gasteiger partial charge in [0.25, 0.3) is 0 Å². The molecule has 3 heterocycles. The van der Waals surface area contributed by atoms with Crippen LogP contribution in [-0.4, -0.2) is 33.6 Å². The number of ether oxygens (including phenoxy) is 2. The van der Waals surface area contributed by atoms with Gasteiger partial charge in [0.2, 0.25) is 12.3 Å². The molecule has 7 nitrogen and oxygen atoms in total. The molecule has 0 atom stereocenters. The molecule has 0 aromatic carbocycles. The van der Waals surface area contributed by atoms with Crippen LogP contribution in [0.25, 0.3) is 22.2 Å². The van der Waals surface area contributed by atoms with Crippen molar-refractivity contribution in [3.8, 4) is 22.8 Å². The lowest BCUT2D eigenvalue weighted by atomic mass is 9.96. The number of amides is 1. The minimum Gasteiger partial charge on any atom is -0.490 e. The Labute approximate surface area is 159 Å². The van der Waals surface area contributed by atoms with Crippen LogP contribution in [0.15, 0.2) is 30.6 Å². The van der Waals surface area contributed by atoms with E-state index < -0.39 is 0 Å². The molecule has 3 aromatic heterocycles. The number of aromatic nitrogens is 3. The number of hydrogen-bond acceptors (Lipinski definition) is 6. The number of carbonyl (C=O) groups is 1. The Bertz CT molecular complexity index is 990. The molecule has 0 bridgehead atoms. The highest BCUT2D eigenvalue weighted by atomic mass is 32.2. The van der Waals surface area contributed by atoms with E-state index in [2.05, 4.69) is 15.3 Å². The fourth-order valence-corrected chi connectivity index (χ4v) is 3.41. The number of nitrogens with one attached hydrogen (secondary N) is 1. The average molecular weight is 388 g/mol. The summed E-state index contributed by atoms with van der Waals surface area (Å²) in [6.45, 7) is 0. The number of nitrogens with zero attached hydrogens (tertiary/aromatic N) is 3. The Hall–Kier alpha value is -2.81. The second-order valence-electron chi connectivity index (χ2n) is 6.13. The van der Waals surface area contributed by atoms with Gasteiger partial charge in [-0.1, -0.05) is 0 Å². The van der Waals surface area contributed by atoms with E-state index in [-0.39, 0.29) is 18.4 Å². The van der Waals surface area contributed by atoms with E-state index in [1.54, 1.807) is 30.6 Å². The van der Waals surface area contributed by atoms with Crippen LogP contribution in [0.1, 0.15) is 19.3 Å². The monoisotopic (exact) mass is 388 g/mol. The second kappa shape index (κ2) is 7.43. The summed E-state index contributed by atoms with van der Waals surface area (Å²) in [6, 6.07) is 5.22. The predicted octanol–water partition coefficient (Wildman–Crippen LogP) is 3.99. The molecule has 1 aliphatic rings. The first kappa shape index (κ1) is 17.6. The van der Waals surface area contributed by atoms with E-state index in [4.69, 9.17) is 9.47 Å². The maximum atomic E-state index is 13.5. The van der Waals surface area contributed by atoms with E-state index in [1.165, 1.54) is 11.1 Å². The van der Waals surface area contributed by atoms with Crippen molar-refractivity contribution in [3.63, 3.8) is 0 Å². The average Bonchev–Trinajstić information content (AvgIpc) is 3.02. The van der Waals surface area contributed by atoms with Gasteiger partial charge in [-0.2, -0.15) is 0 Å². The third kappa shape index (κ3) is 3.18. The number of carbonyl (C=O) groups excluding carboxylic acids is 1. The largest absolute Gasteiger partial charge is 0.490 e. The lowest BCUT2D eigenvalue weighted by molar-refractivity contribution is -0.105. The molecular formula is C18H17FN4O3S. The highest BCUT2D eigenvalue weighted by Crippen LogP contribution is 2.43. The maximum absolute atomic E-state index is 13.5. The molecule has 27 heavy (non-hydrogen) atoms. The Morgan fingerprint density at radius 1 is 1.37 bits per heavy atom. The van der Waals surface area contributed by atoms with Crippen LogP contribution in [0.3, 0.4) is 0 Å². The summed E-state index contributed by atoms with van der Waals surface area (Å²) in [6.07, 6.45) is 7.12. The van der Waals surface area contributed by atoms with Crippen molar-refractivity contribution in [2.24, 2.45) is 0 Å². The minimum atomic E-state index is 0.0255. The lowest BCUT2D eigenvalue weighted by Gasteiger charge is -2.27. The zero-order valence-corrected chi connectivity index (χ0v) is 15.3. The van der Waals surface area contributed by atoms with E-state index >= 15 is 0 Å². The molecule has 4 rings (SSSR count). The number of anilines is 1. The van der Waals surface area contributed by atoms with Crippen LogP contribution < -0.4 is 14.8 Å². The quantitative estimate of drug-likeness (QED) is 0.617. The van der Waals surface area contributed by atoms with Crippen molar-refractivity contribution in [3.05, 3.63) is 30.6 Å². The Morgan fingerprint density at radius 2 is 2.22 bits per heavy atom. The van der Waals surface area contributed by atoms with Gasteiger partial charge in [-0.05, 0) is 37.5 Å². The Balaban J connectivity index is 1.89. The fourth-order valence-electron chi connectivity index (χ4n) is 3.06. The molecule has 140 valence electrons. The Morgan fingerprint density at radius 3 is 2.89 bits per heavy atom. The van der Waals surface area contributed by atoms with Crippen LogP contribution in [0.4, 0.5) is 9.70 Å². The number of rotatable bonds is 7. The number of pyridine rings is 2. The lowest BCUT2D eigenvalue weighted by Crippen LogP contribution is -2.24. The number of fused-ring (bicyclic) bond motifs is 1. The van der Waals surface area contributed by atoms with E-state index in [0.29, 0.717) is 46.0 Å². The standard InChI is InChI=1S/C18H17FN4O3S/c1-25-18-16(14(7-8-20-18)26-11-3-2-4-11)13-9-23(27-19)17-12(13)5-6-15(22-17)21-10-24/h5-11H,2-4H2,1H3,(H,21,22,24). The molecule has 3 aromatic rings. The summed E-state index contributed by atoms with van der Waals surface area (Å²) in [4.78, 5) is 19.3. The highest BCUT2D eigenvalue weighted by molar-refractivity contribution is 7.92. The topological polar surface area (TPSA) is 78.3 Å². The first-order valence-electron chi connectivity index (χ1n) is 8.46. The van der Waals surface area contributed by atoms with Crippen molar-refractivity contribution in [2.45, 2.75) is 25.4 Å². The molecule has 0 saturated heterocycles. The van der Waals surface area contributed by atoms with Gasteiger partial charge in [0, 0.05) is 23.3 Å². The van der Waals surface area contributed by atoms with Crippen molar-refractivity contribution >= 4 is 35.6 Å². The zero-order chi connectivity index (χ0) is 18.8. The minimum absolute atomic E-state index is 0.0255. The van der Waals surface area contributed by atoms with Crippen LogP contribution in [-0.2, 0) is 4.79 Å². The third-order valence-electron chi connectivity index (χ3n) is 4.59. The van der Waals surface area contributed by atoms with Crippen molar-refractivity contribution in [1.82, 2.24) is 13.9 Å². The van der Waals surface area contributed by atoms with E-state index in [1.807, 2.05) is 0 Å². The predicted molar refractivity (Wildman–Crippen MR) is 102 cm³/mol. The molecule has 1 amide bonds. The second-order valence-corrected chi connectivity index (χ2v) is 6.66. The van der Waals surface area contributed by atoms with E-state index in [9.17, 15) is 8.68 Å².